The summed E-state index contributed by atoms with van der Waals surface area (Å²) in [6.45, 7) is 1.44. The molecule has 0 unspecified atom stereocenters. The zero-order valence-corrected chi connectivity index (χ0v) is 12.1. The van der Waals surface area contributed by atoms with E-state index in [0.29, 0.717) is 6.54 Å². The first-order valence-corrected chi connectivity index (χ1v) is 7.05. The molecule has 2 rings (SSSR count). The number of rotatable bonds is 2. The van der Waals surface area contributed by atoms with Crippen LogP contribution in [0.25, 0.3) is 0 Å². The van der Waals surface area contributed by atoms with Gasteiger partial charge in [0, 0.05) is 16.7 Å². The number of hydrogen-bond donors (Lipinski definition) is 2. The molecule has 1 fully saturated rings. The van der Waals surface area contributed by atoms with E-state index in [1.54, 1.807) is 0 Å². The van der Waals surface area contributed by atoms with Crippen LogP contribution in [0.3, 0.4) is 0 Å². The molecule has 0 bridgehead atoms. The van der Waals surface area contributed by atoms with Crippen molar-refractivity contribution >= 4 is 27.5 Å². The first-order chi connectivity index (χ1) is 9.36. The second-order valence-corrected chi connectivity index (χ2v) is 5.67. The highest BCUT2D eigenvalue weighted by molar-refractivity contribution is 9.10. The topological polar surface area (TPSA) is 41.1 Å². The number of piperidine rings is 1. The van der Waals surface area contributed by atoms with Gasteiger partial charge in [0.2, 0.25) is 5.91 Å². The van der Waals surface area contributed by atoms with Crippen molar-refractivity contribution in [1.82, 2.24) is 5.32 Å². The molecule has 0 saturated carbocycles. The molecule has 0 aromatic heterocycles. The van der Waals surface area contributed by atoms with Gasteiger partial charge in [0.05, 0.1) is 11.5 Å². The molecular weight excluding hydrogens is 337 g/mol. The smallest absolute Gasteiger partial charge is 0.326 e. The molecule has 20 heavy (non-hydrogen) atoms. The summed E-state index contributed by atoms with van der Waals surface area (Å²) in [5.74, 6) is -0.444. The van der Waals surface area contributed by atoms with Crippen molar-refractivity contribution < 1.29 is 18.0 Å². The van der Waals surface area contributed by atoms with E-state index in [0.717, 1.165) is 31.5 Å². The van der Waals surface area contributed by atoms with Crippen LogP contribution < -0.4 is 10.6 Å². The van der Waals surface area contributed by atoms with E-state index in [4.69, 9.17) is 0 Å². The molecule has 110 valence electrons. The van der Waals surface area contributed by atoms with Gasteiger partial charge in [-0.25, -0.2) is 0 Å². The van der Waals surface area contributed by atoms with Gasteiger partial charge >= 0.3 is 6.18 Å². The average Bonchev–Trinajstić information content (AvgIpc) is 2.38. The van der Waals surface area contributed by atoms with Crippen molar-refractivity contribution in [2.75, 3.05) is 18.4 Å². The van der Waals surface area contributed by atoms with Crippen molar-refractivity contribution in [3.8, 4) is 0 Å². The number of alkyl halides is 3. The number of halogens is 4. The Morgan fingerprint density at radius 2 is 2.10 bits per heavy atom. The van der Waals surface area contributed by atoms with Crippen molar-refractivity contribution in [3.63, 3.8) is 0 Å². The number of benzene rings is 1. The largest absolute Gasteiger partial charge is 0.416 e. The number of hydrogen-bond acceptors (Lipinski definition) is 2. The van der Waals surface area contributed by atoms with Gasteiger partial charge in [0.15, 0.2) is 0 Å². The van der Waals surface area contributed by atoms with Crippen LogP contribution in [-0.4, -0.2) is 19.0 Å². The predicted octanol–water partition coefficient (Wildman–Crippen LogP) is 3.41. The van der Waals surface area contributed by atoms with Crippen LogP contribution in [0.2, 0.25) is 0 Å². The molecule has 1 heterocycles. The lowest BCUT2D eigenvalue weighted by molar-refractivity contribution is -0.137. The molecule has 0 radical (unpaired) electrons. The Morgan fingerprint density at radius 1 is 1.35 bits per heavy atom. The average molecular weight is 351 g/mol. The normalized spacial score (nSPS) is 19.7. The van der Waals surface area contributed by atoms with Gasteiger partial charge in [0.25, 0.3) is 0 Å². The zero-order valence-electron chi connectivity index (χ0n) is 10.6. The van der Waals surface area contributed by atoms with E-state index in [1.807, 2.05) is 0 Å². The van der Waals surface area contributed by atoms with E-state index < -0.39 is 11.7 Å². The quantitative estimate of drug-likeness (QED) is 0.858. The van der Waals surface area contributed by atoms with Crippen molar-refractivity contribution in [1.29, 1.82) is 0 Å². The highest BCUT2D eigenvalue weighted by Crippen LogP contribution is 2.33. The summed E-state index contributed by atoms with van der Waals surface area (Å²) >= 11 is 3.03. The molecule has 7 heteroatoms. The summed E-state index contributed by atoms with van der Waals surface area (Å²) < 4.78 is 38.4. The third-order valence-corrected chi connectivity index (χ3v) is 3.62. The van der Waals surface area contributed by atoms with E-state index in [-0.39, 0.29) is 22.0 Å². The molecule has 1 aliphatic heterocycles. The van der Waals surface area contributed by atoms with Gasteiger partial charge in [-0.05, 0) is 37.6 Å². The summed E-state index contributed by atoms with van der Waals surface area (Å²) in [4.78, 5) is 12.0. The molecule has 1 amide bonds. The zero-order chi connectivity index (χ0) is 14.8. The number of anilines is 1. The summed E-state index contributed by atoms with van der Waals surface area (Å²) in [5.41, 5.74) is -0.633. The number of amides is 1. The van der Waals surface area contributed by atoms with Crippen LogP contribution in [0.15, 0.2) is 22.7 Å². The monoisotopic (exact) mass is 350 g/mol. The van der Waals surface area contributed by atoms with Crippen LogP contribution in [0.5, 0.6) is 0 Å². The van der Waals surface area contributed by atoms with E-state index >= 15 is 0 Å². The van der Waals surface area contributed by atoms with Crippen LogP contribution >= 0.6 is 15.9 Å². The van der Waals surface area contributed by atoms with Gasteiger partial charge < -0.3 is 10.6 Å². The lowest BCUT2D eigenvalue weighted by atomic mass is 9.99. The molecule has 3 nitrogen and oxygen atoms in total. The number of carbonyl (C=O) groups is 1. The van der Waals surface area contributed by atoms with Gasteiger partial charge in [0.1, 0.15) is 0 Å². The van der Waals surface area contributed by atoms with E-state index in [2.05, 4.69) is 26.6 Å². The maximum absolute atomic E-state index is 12.7. The summed E-state index contributed by atoms with van der Waals surface area (Å²) in [6, 6.07) is 3.39. The number of nitrogens with one attached hydrogen (secondary N) is 2. The molecule has 1 aromatic carbocycles. The van der Waals surface area contributed by atoms with Crippen molar-refractivity contribution in [2.45, 2.75) is 19.0 Å². The molecule has 0 aliphatic carbocycles. The molecule has 1 aromatic rings. The van der Waals surface area contributed by atoms with Crippen molar-refractivity contribution in [3.05, 3.63) is 28.2 Å². The number of carbonyl (C=O) groups excluding carboxylic acids is 1. The minimum absolute atomic E-state index is 0.155. The summed E-state index contributed by atoms with van der Waals surface area (Å²) in [7, 11) is 0. The van der Waals surface area contributed by atoms with Gasteiger partial charge in [-0.3, -0.25) is 4.79 Å². The Labute approximate surface area is 123 Å². The highest BCUT2D eigenvalue weighted by atomic mass is 79.9. The Morgan fingerprint density at radius 3 is 2.70 bits per heavy atom. The Bertz CT molecular complexity index is 499. The Kier molecular flexibility index (Phi) is 4.70. The Balaban J connectivity index is 2.12. The fourth-order valence-corrected chi connectivity index (χ4v) is 2.64. The second-order valence-electron chi connectivity index (χ2n) is 4.76. The van der Waals surface area contributed by atoms with Gasteiger partial charge in [-0.2, -0.15) is 13.2 Å². The second kappa shape index (κ2) is 6.13. The minimum atomic E-state index is -4.43. The van der Waals surface area contributed by atoms with E-state index in [9.17, 15) is 18.0 Å². The van der Waals surface area contributed by atoms with Gasteiger partial charge in [-0.1, -0.05) is 15.9 Å². The first kappa shape index (κ1) is 15.3. The minimum Gasteiger partial charge on any atom is -0.326 e. The lowest BCUT2D eigenvalue weighted by Gasteiger charge is -2.22. The third-order valence-electron chi connectivity index (χ3n) is 3.16. The molecule has 1 atom stereocenters. The molecule has 2 N–H and O–H groups in total. The maximum atomic E-state index is 12.7. The van der Waals surface area contributed by atoms with Crippen LogP contribution in [0, 0.1) is 5.92 Å². The SMILES string of the molecule is O=C(Nc1cc(Br)cc(C(F)(F)F)c1)[C@@H]1CCCNC1. The van der Waals surface area contributed by atoms with Crippen LogP contribution in [0.1, 0.15) is 18.4 Å². The van der Waals surface area contributed by atoms with Crippen LogP contribution in [-0.2, 0) is 11.0 Å². The van der Waals surface area contributed by atoms with E-state index in [1.165, 1.54) is 6.07 Å². The predicted molar refractivity (Wildman–Crippen MR) is 73.4 cm³/mol. The van der Waals surface area contributed by atoms with Gasteiger partial charge in [-0.15, -0.1) is 0 Å². The third kappa shape index (κ3) is 3.96. The maximum Gasteiger partial charge on any atom is 0.416 e. The van der Waals surface area contributed by atoms with Crippen LogP contribution in [0.4, 0.5) is 18.9 Å². The van der Waals surface area contributed by atoms with Crippen molar-refractivity contribution in [2.24, 2.45) is 5.92 Å². The fourth-order valence-electron chi connectivity index (χ4n) is 2.15. The Hall–Kier alpha value is -1.08. The molecule has 0 spiro atoms. The summed E-state index contributed by atoms with van der Waals surface area (Å²) in [5, 5.41) is 5.65. The standard InChI is InChI=1S/C13H14BrF3N2O/c14-10-4-9(13(15,16)17)5-11(6-10)19-12(20)8-2-1-3-18-7-8/h4-6,8,18H,1-3,7H2,(H,19,20)/t8-/m1/s1. The highest BCUT2D eigenvalue weighted by Gasteiger charge is 2.31. The lowest BCUT2D eigenvalue weighted by Crippen LogP contribution is -2.37. The summed E-state index contributed by atoms with van der Waals surface area (Å²) in [6.07, 6.45) is -2.79. The molecule has 1 saturated heterocycles. The fraction of sp³-hybridized carbons (Fsp3) is 0.462. The molecule has 1 aliphatic rings. The first-order valence-electron chi connectivity index (χ1n) is 6.25. The molecular formula is C13H14BrF3N2O.